The molecule has 5 nitrogen and oxygen atoms in total. The van der Waals surface area contributed by atoms with Crippen molar-refractivity contribution in [1.82, 2.24) is 14.5 Å². The zero-order valence-electron chi connectivity index (χ0n) is 18.8. The fraction of sp³-hybridized carbons (Fsp3) is 0.179. The highest BCUT2D eigenvalue weighted by molar-refractivity contribution is 6.33. The first kappa shape index (κ1) is 22.1. The van der Waals surface area contributed by atoms with Crippen LogP contribution in [0.15, 0.2) is 89.7 Å². The van der Waals surface area contributed by atoms with Gasteiger partial charge >= 0.3 is 0 Å². The van der Waals surface area contributed by atoms with Gasteiger partial charge in [0, 0.05) is 12.1 Å². The molecule has 1 aromatic heterocycles. The van der Waals surface area contributed by atoms with E-state index in [1.807, 2.05) is 67.6 Å². The Morgan fingerprint density at radius 1 is 0.912 bits per heavy atom. The monoisotopic (exact) mass is 469 g/mol. The predicted octanol–water partition coefficient (Wildman–Crippen LogP) is 5.04. The minimum atomic E-state index is -0.282. The molecule has 34 heavy (non-hydrogen) atoms. The van der Waals surface area contributed by atoms with Crippen molar-refractivity contribution in [2.24, 2.45) is 0 Å². The Morgan fingerprint density at radius 3 is 2.12 bits per heavy atom. The number of rotatable bonds is 4. The molecule has 170 valence electrons. The van der Waals surface area contributed by atoms with Crippen LogP contribution < -0.4 is 5.56 Å². The maximum absolute atomic E-state index is 13.8. The van der Waals surface area contributed by atoms with Gasteiger partial charge in [-0.25, -0.2) is 4.98 Å². The van der Waals surface area contributed by atoms with Crippen molar-refractivity contribution < 1.29 is 4.79 Å². The molecule has 0 N–H and O–H groups in total. The van der Waals surface area contributed by atoms with Gasteiger partial charge in [-0.05, 0) is 36.6 Å². The zero-order chi connectivity index (χ0) is 23.7. The Bertz CT molecular complexity index is 1360. The summed E-state index contributed by atoms with van der Waals surface area (Å²) in [5.41, 5.74) is 3.78. The molecule has 6 heteroatoms. The second-order valence-corrected chi connectivity index (χ2v) is 8.85. The summed E-state index contributed by atoms with van der Waals surface area (Å²) in [7, 11) is 0. The molecule has 0 saturated carbocycles. The third-order valence-corrected chi connectivity index (χ3v) is 6.65. The van der Waals surface area contributed by atoms with Crippen molar-refractivity contribution in [2.45, 2.75) is 25.9 Å². The Balaban J connectivity index is 1.56. The van der Waals surface area contributed by atoms with Crippen LogP contribution in [0.3, 0.4) is 0 Å². The van der Waals surface area contributed by atoms with Crippen molar-refractivity contribution in [2.75, 3.05) is 6.54 Å². The van der Waals surface area contributed by atoms with Crippen LogP contribution in [0.1, 0.15) is 44.6 Å². The van der Waals surface area contributed by atoms with Crippen LogP contribution in [0.5, 0.6) is 0 Å². The first-order valence-corrected chi connectivity index (χ1v) is 11.7. The SMILES string of the molecule is Cc1nc2c(c(=O)n1C(c1ccccc1)c1ccccc1)CCN(C(=O)c1ccccc1Cl)C2. The van der Waals surface area contributed by atoms with E-state index < -0.39 is 0 Å². The summed E-state index contributed by atoms with van der Waals surface area (Å²) in [4.78, 5) is 33.4. The average Bonchev–Trinajstić information content (AvgIpc) is 2.87. The standard InChI is InChI=1S/C28H24ClN3O2/c1-19-30-25-18-31(27(33)22-14-8-9-15-24(22)29)17-16-23(25)28(34)32(19)26(20-10-4-2-5-11-20)21-12-6-3-7-13-21/h2-15,26H,16-18H2,1H3. The largest absolute Gasteiger partial charge is 0.332 e. The molecule has 0 unspecified atom stereocenters. The molecular formula is C28H24ClN3O2. The number of carbonyl (C=O) groups excluding carboxylic acids is 1. The van der Waals surface area contributed by atoms with Gasteiger partial charge in [-0.3, -0.25) is 14.2 Å². The summed E-state index contributed by atoms with van der Waals surface area (Å²) in [6.45, 7) is 2.59. The Hall–Kier alpha value is -3.70. The van der Waals surface area contributed by atoms with E-state index in [4.69, 9.17) is 16.6 Å². The van der Waals surface area contributed by atoms with Crippen LogP contribution >= 0.6 is 11.6 Å². The Kier molecular flexibility index (Phi) is 6.03. The smallest absolute Gasteiger partial charge is 0.257 e. The molecule has 0 fully saturated rings. The van der Waals surface area contributed by atoms with Crippen molar-refractivity contribution in [3.63, 3.8) is 0 Å². The molecule has 0 aliphatic carbocycles. The van der Waals surface area contributed by atoms with E-state index in [0.29, 0.717) is 40.6 Å². The number of amides is 1. The summed E-state index contributed by atoms with van der Waals surface area (Å²) < 4.78 is 1.79. The van der Waals surface area contributed by atoms with Crippen LogP contribution in [0, 0.1) is 6.92 Å². The predicted molar refractivity (Wildman–Crippen MR) is 133 cm³/mol. The first-order chi connectivity index (χ1) is 16.5. The van der Waals surface area contributed by atoms with Gasteiger partial charge in [0.05, 0.1) is 28.9 Å². The zero-order valence-corrected chi connectivity index (χ0v) is 19.6. The molecule has 0 radical (unpaired) electrons. The maximum atomic E-state index is 13.8. The molecule has 0 bridgehead atoms. The Labute approximate surface area is 203 Å². The molecule has 3 aromatic carbocycles. The van der Waals surface area contributed by atoms with Crippen LogP contribution in [0.25, 0.3) is 0 Å². The number of halogens is 1. The normalized spacial score (nSPS) is 13.1. The number of carbonyl (C=O) groups is 1. The molecule has 0 spiro atoms. The lowest BCUT2D eigenvalue weighted by atomic mass is 9.97. The molecule has 1 aliphatic rings. The lowest BCUT2D eigenvalue weighted by Crippen LogP contribution is -2.42. The van der Waals surface area contributed by atoms with E-state index in [0.717, 1.165) is 11.1 Å². The van der Waals surface area contributed by atoms with Crippen LogP contribution in [-0.2, 0) is 13.0 Å². The van der Waals surface area contributed by atoms with Crippen molar-refractivity contribution in [3.8, 4) is 0 Å². The molecule has 1 aliphatic heterocycles. The number of fused-ring (bicyclic) bond motifs is 1. The summed E-state index contributed by atoms with van der Waals surface area (Å²) in [5, 5.41) is 0.423. The summed E-state index contributed by atoms with van der Waals surface area (Å²) in [5.74, 6) is 0.472. The van der Waals surface area contributed by atoms with Crippen LogP contribution in [0.2, 0.25) is 5.02 Å². The van der Waals surface area contributed by atoms with E-state index in [-0.39, 0.29) is 24.1 Å². The van der Waals surface area contributed by atoms with E-state index >= 15 is 0 Å². The van der Waals surface area contributed by atoms with E-state index in [9.17, 15) is 9.59 Å². The van der Waals surface area contributed by atoms with Gasteiger partial charge in [-0.1, -0.05) is 84.4 Å². The Morgan fingerprint density at radius 2 is 1.50 bits per heavy atom. The van der Waals surface area contributed by atoms with Gasteiger partial charge in [0.15, 0.2) is 0 Å². The quantitative estimate of drug-likeness (QED) is 0.420. The highest BCUT2D eigenvalue weighted by Gasteiger charge is 2.29. The fourth-order valence-electron chi connectivity index (χ4n) is 4.66. The topological polar surface area (TPSA) is 55.2 Å². The number of nitrogens with zero attached hydrogens (tertiary/aromatic N) is 3. The van der Waals surface area contributed by atoms with Crippen molar-refractivity contribution in [1.29, 1.82) is 0 Å². The molecule has 4 aromatic rings. The summed E-state index contributed by atoms with van der Waals surface area (Å²) >= 11 is 6.24. The van der Waals surface area contributed by atoms with Crippen molar-refractivity contribution >= 4 is 17.5 Å². The van der Waals surface area contributed by atoms with E-state index in [1.54, 1.807) is 33.7 Å². The number of aromatic nitrogens is 2. The lowest BCUT2D eigenvalue weighted by Gasteiger charge is -2.30. The third-order valence-electron chi connectivity index (χ3n) is 6.32. The summed E-state index contributed by atoms with van der Waals surface area (Å²) in [6.07, 6.45) is 0.452. The van der Waals surface area contributed by atoms with Crippen LogP contribution in [0.4, 0.5) is 0 Å². The fourth-order valence-corrected chi connectivity index (χ4v) is 4.88. The number of aryl methyl sites for hydroxylation is 1. The third kappa shape index (κ3) is 4.03. The van der Waals surface area contributed by atoms with Gasteiger partial charge < -0.3 is 4.90 Å². The molecule has 1 amide bonds. The number of benzene rings is 3. The summed E-state index contributed by atoms with van der Waals surface area (Å²) in [6, 6.07) is 26.8. The van der Waals surface area contributed by atoms with E-state index in [1.165, 1.54) is 0 Å². The minimum absolute atomic E-state index is 0.0509. The van der Waals surface area contributed by atoms with Gasteiger partial charge in [-0.15, -0.1) is 0 Å². The van der Waals surface area contributed by atoms with Crippen LogP contribution in [-0.4, -0.2) is 26.9 Å². The van der Waals surface area contributed by atoms with Gasteiger partial charge in [0.2, 0.25) is 0 Å². The number of hydrogen-bond acceptors (Lipinski definition) is 3. The second kappa shape index (κ2) is 9.27. The average molecular weight is 470 g/mol. The second-order valence-electron chi connectivity index (χ2n) is 8.44. The van der Waals surface area contributed by atoms with Gasteiger partial charge in [0.25, 0.3) is 11.5 Å². The van der Waals surface area contributed by atoms with Gasteiger partial charge in [0.1, 0.15) is 5.82 Å². The highest BCUT2D eigenvalue weighted by atomic mass is 35.5. The number of hydrogen-bond donors (Lipinski definition) is 0. The minimum Gasteiger partial charge on any atom is -0.332 e. The molecule has 5 rings (SSSR count). The molecular weight excluding hydrogens is 446 g/mol. The van der Waals surface area contributed by atoms with E-state index in [2.05, 4.69) is 0 Å². The first-order valence-electron chi connectivity index (χ1n) is 11.3. The molecule has 0 saturated heterocycles. The van der Waals surface area contributed by atoms with Gasteiger partial charge in [-0.2, -0.15) is 0 Å². The maximum Gasteiger partial charge on any atom is 0.257 e. The molecule has 2 heterocycles. The molecule has 0 atom stereocenters. The highest BCUT2D eigenvalue weighted by Crippen LogP contribution is 2.28. The lowest BCUT2D eigenvalue weighted by molar-refractivity contribution is 0.0731. The van der Waals surface area contributed by atoms with Crippen molar-refractivity contribution in [3.05, 3.63) is 134 Å².